The number of aryl methyl sites for hydroxylation is 1. The van der Waals surface area contributed by atoms with Gasteiger partial charge in [-0.2, -0.15) is 0 Å². The molecule has 1 heterocycles. The van der Waals surface area contributed by atoms with Gasteiger partial charge in [0.1, 0.15) is 5.75 Å². The van der Waals surface area contributed by atoms with E-state index in [9.17, 15) is 9.90 Å². The van der Waals surface area contributed by atoms with E-state index in [1.807, 2.05) is 13.0 Å². The van der Waals surface area contributed by atoms with Crippen LogP contribution in [0.3, 0.4) is 0 Å². The van der Waals surface area contributed by atoms with Gasteiger partial charge in [-0.05, 0) is 56.0 Å². The second-order valence-corrected chi connectivity index (χ2v) is 5.99. The predicted octanol–water partition coefficient (Wildman–Crippen LogP) is 2.42. The Hall–Kier alpha value is -1.55. The number of carbonyl (C=O) groups is 1. The molecular weight excluding hydrogens is 264 g/mol. The second kappa shape index (κ2) is 7.46. The average Bonchev–Trinajstić information content (AvgIpc) is 2.49. The molecule has 2 N–H and O–H groups in total. The van der Waals surface area contributed by atoms with Gasteiger partial charge in [-0.25, -0.2) is 0 Å². The summed E-state index contributed by atoms with van der Waals surface area (Å²) in [6.07, 6.45) is 3.34. The number of phenols is 1. The fourth-order valence-electron chi connectivity index (χ4n) is 2.69. The number of aromatic hydroxyl groups is 1. The first-order valence-electron chi connectivity index (χ1n) is 7.92. The lowest BCUT2D eigenvalue weighted by molar-refractivity contribution is 0.0941. The highest BCUT2D eigenvalue weighted by Crippen LogP contribution is 2.19. The lowest BCUT2D eigenvalue weighted by atomic mass is 9.99. The summed E-state index contributed by atoms with van der Waals surface area (Å²) in [5, 5.41) is 12.7. The van der Waals surface area contributed by atoms with Crippen LogP contribution in [0.25, 0.3) is 0 Å². The summed E-state index contributed by atoms with van der Waals surface area (Å²) in [5.41, 5.74) is 1.43. The molecule has 116 valence electrons. The number of benzene rings is 1. The van der Waals surface area contributed by atoms with Crippen molar-refractivity contribution < 1.29 is 9.90 Å². The molecule has 0 aliphatic carbocycles. The Morgan fingerprint density at radius 3 is 2.76 bits per heavy atom. The van der Waals surface area contributed by atoms with Crippen LogP contribution in [0.4, 0.5) is 0 Å². The summed E-state index contributed by atoms with van der Waals surface area (Å²) in [6.45, 7) is 8.07. The third-order valence-corrected chi connectivity index (χ3v) is 4.30. The molecule has 1 fully saturated rings. The van der Waals surface area contributed by atoms with E-state index in [1.165, 1.54) is 12.8 Å². The number of nitrogens with one attached hydrogen (secondary N) is 1. The van der Waals surface area contributed by atoms with E-state index in [4.69, 9.17) is 0 Å². The Morgan fingerprint density at radius 2 is 2.10 bits per heavy atom. The molecule has 1 aromatic carbocycles. The summed E-state index contributed by atoms with van der Waals surface area (Å²) in [5.74, 6) is 0.689. The summed E-state index contributed by atoms with van der Waals surface area (Å²) < 4.78 is 0. The van der Waals surface area contributed by atoms with E-state index in [0.29, 0.717) is 12.1 Å². The van der Waals surface area contributed by atoms with E-state index in [0.717, 1.165) is 37.5 Å². The molecule has 0 radical (unpaired) electrons. The second-order valence-electron chi connectivity index (χ2n) is 5.99. The predicted molar refractivity (Wildman–Crippen MR) is 84.7 cm³/mol. The van der Waals surface area contributed by atoms with Crippen LogP contribution < -0.4 is 5.32 Å². The Bertz CT molecular complexity index is 480. The average molecular weight is 290 g/mol. The topological polar surface area (TPSA) is 52.6 Å². The van der Waals surface area contributed by atoms with Crippen molar-refractivity contribution in [1.82, 2.24) is 10.2 Å². The smallest absolute Gasteiger partial charge is 0.255 e. The van der Waals surface area contributed by atoms with Crippen LogP contribution in [0.1, 0.15) is 42.6 Å². The van der Waals surface area contributed by atoms with E-state index >= 15 is 0 Å². The Balaban J connectivity index is 1.82. The maximum absolute atomic E-state index is 12.1. The highest BCUT2D eigenvalue weighted by molar-refractivity contribution is 5.96. The van der Waals surface area contributed by atoms with Gasteiger partial charge < -0.3 is 15.3 Å². The van der Waals surface area contributed by atoms with Crippen molar-refractivity contribution in [3.63, 3.8) is 0 Å². The quantitative estimate of drug-likeness (QED) is 0.875. The molecule has 4 heteroatoms. The fourth-order valence-corrected chi connectivity index (χ4v) is 2.69. The monoisotopic (exact) mass is 290 g/mol. The first kappa shape index (κ1) is 15.8. The normalized spacial score (nSPS) is 16.9. The molecule has 0 spiro atoms. The zero-order chi connectivity index (χ0) is 15.2. The van der Waals surface area contributed by atoms with Crippen LogP contribution in [-0.4, -0.2) is 42.1 Å². The number of nitrogens with zero attached hydrogens (tertiary/aromatic N) is 1. The largest absolute Gasteiger partial charge is 0.507 e. The van der Waals surface area contributed by atoms with Crippen molar-refractivity contribution in [1.29, 1.82) is 0 Å². The van der Waals surface area contributed by atoms with Crippen LogP contribution >= 0.6 is 0 Å². The molecule has 1 aromatic rings. The summed E-state index contributed by atoms with van der Waals surface area (Å²) in [7, 11) is 0. The Labute approximate surface area is 127 Å². The molecule has 0 unspecified atom stereocenters. The maximum Gasteiger partial charge on any atom is 0.255 e. The Kier molecular flexibility index (Phi) is 5.62. The van der Waals surface area contributed by atoms with Gasteiger partial charge in [0.05, 0.1) is 5.56 Å². The van der Waals surface area contributed by atoms with Crippen molar-refractivity contribution in [3.8, 4) is 5.75 Å². The number of hydrogen-bond acceptors (Lipinski definition) is 3. The maximum atomic E-state index is 12.1. The standard InChI is InChI=1S/C17H26N2O2/c1-3-14-4-5-16(20)15(12-14)17(21)18-8-11-19-9-6-13(2)7-10-19/h4-5,12-13,20H,3,6-11H2,1-2H3,(H,18,21). The van der Waals surface area contributed by atoms with Gasteiger partial charge >= 0.3 is 0 Å². The van der Waals surface area contributed by atoms with Gasteiger partial charge in [-0.1, -0.05) is 19.9 Å². The lowest BCUT2D eigenvalue weighted by Gasteiger charge is -2.30. The van der Waals surface area contributed by atoms with Crippen molar-refractivity contribution >= 4 is 5.91 Å². The van der Waals surface area contributed by atoms with Gasteiger partial charge in [0, 0.05) is 13.1 Å². The molecule has 2 rings (SSSR count). The number of piperidine rings is 1. The molecule has 4 nitrogen and oxygen atoms in total. The minimum atomic E-state index is -0.187. The van der Waals surface area contributed by atoms with Crippen molar-refractivity contribution in [2.24, 2.45) is 5.92 Å². The van der Waals surface area contributed by atoms with Gasteiger partial charge in [0.15, 0.2) is 0 Å². The SMILES string of the molecule is CCc1ccc(O)c(C(=O)NCCN2CCC(C)CC2)c1. The molecular formula is C17H26N2O2. The van der Waals surface area contributed by atoms with E-state index in [2.05, 4.69) is 17.1 Å². The minimum Gasteiger partial charge on any atom is -0.507 e. The first-order valence-corrected chi connectivity index (χ1v) is 7.92. The van der Waals surface area contributed by atoms with Gasteiger partial charge in [0.2, 0.25) is 0 Å². The van der Waals surface area contributed by atoms with E-state index in [1.54, 1.807) is 12.1 Å². The van der Waals surface area contributed by atoms with Crippen LogP contribution in [0.15, 0.2) is 18.2 Å². The number of carbonyl (C=O) groups excluding carboxylic acids is 1. The van der Waals surface area contributed by atoms with Crippen LogP contribution in [0.5, 0.6) is 5.75 Å². The number of rotatable bonds is 5. The zero-order valence-corrected chi connectivity index (χ0v) is 13.1. The number of hydrogen-bond donors (Lipinski definition) is 2. The van der Waals surface area contributed by atoms with Crippen molar-refractivity contribution in [2.45, 2.75) is 33.1 Å². The highest BCUT2D eigenvalue weighted by Gasteiger charge is 2.16. The third-order valence-electron chi connectivity index (χ3n) is 4.30. The molecule has 1 amide bonds. The van der Waals surface area contributed by atoms with Crippen molar-refractivity contribution in [2.75, 3.05) is 26.2 Å². The fraction of sp³-hybridized carbons (Fsp3) is 0.588. The number of phenolic OH excluding ortho intramolecular Hbond substituents is 1. The molecule has 0 aromatic heterocycles. The van der Waals surface area contributed by atoms with E-state index < -0.39 is 0 Å². The molecule has 1 aliphatic heterocycles. The molecule has 0 saturated carbocycles. The third kappa shape index (κ3) is 4.46. The van der Waals surface area contributed by atoms with Gasteiger partial charge in [0.25, 0.3) is 5.91 Å². The number of likely N-dealkylation sites (tertiary alicyclic amines) is 1. The van der Waals surface area contributed by atoms with Crippen molar-refractivity contribution in [3.05, 3.63) is 29.3 Å². The van der Waals surface area contributed by atoms with Gasteiger partial charge in [-0.15, -0.1) is 0 Å². The van der Waals surface area contributed by atoms with Crippen LogP contribution in [0.2, 0.25) is 0 Å². The van der Waals surface area contributed by atoms with Crippen LogP contribution in [0, 0.1) is 5.92 Å². The molecule has 21 heavy (non-hydrogen) atoms. The van der Waals surface area contributed by atoms with Crippen LogP contribution in [-0.2, 0) is 6.42 Å². The summed E-state index contributed by atoms with van der Waals surface area (Å²) >= 11 is 0. The Morgan fingerprint density at radius 1 is 1.38 bits per heavy atom. The summed E-state index contributed by atoms with van der Waals surface area (Å²) in [4.78, 5) is 14.5. The van der Waals surface area contributed by atoms with Gasteiger partial charge in [-0.3, -0.25) is 4.79 Å². The highest BCUT2D eigenvalue weighted by atomic mass is 16.3. The first-order chi connectivity index (χ1) is 10.1. The number of amides is 1. The molecule has 0 atom stereocenters. The van der Waals surface area contributed by atoms with E-state index in [-0.39, 0.29) is 11.7 Å². The molecule has 0 bridgehead atoms. The lowest BCUT2D eigenvalue weighted by Crippen LogP contribution is -2.39. The summed E-state index contributed by atoms with van der Waals surface area (Å²) in [6, 6.07) is 5.22. The molecule has 1 saturated heterocycles. The molecule has 1 aliphatic rings. The minimum absolute atomic E-state index is 0.0523. The zero-order valence-electron chi connectivity index (χ0n) is 13.1.